The standard InChI is InChI=1S/C15H19NO4/c17-11-7-5-10(6-8-11)9-16-14(18)12-3-1-2-4-13(12)15(19)20/h5-8,12-13,17H,1-4,9H2,(H,16,18)(H,19,20)/t12-,13+/m1/s1. The average Bonchev–Trinajstić information content (AvgIpc) is 2.46. The lowest BCUT2D eigenvalue weighted by Crippen LogP contribution is -2.39. The molecule has 0 radical (unpaired) electrons. The van der Waals surface area contributed by atoms with Gasteiger partial charge in [-0.05, 0) is 30.5 Å². The minimum Gasteiger partial charge on any atom is -0.508 e. The van der Waals surface area contributed by atoms with Crippen LogP contribution in [0.2, 0.25) is 0 Å². The number of phenolic OH excluding ortho intramolecular Hbond substituents is 1. The summed E-state index contributed by atoms with van der Waals surface area (Å²) in [7, 11) is 0. The van der Waals surface area contributed by atoms with Crippen molar-refractivity contribution in [3.05, 3.63) is 29.8 Å². The molecule has 0 heterocycles. The molecular weight excluding hydrogens is 258 g/mol. The van der Waals surface area contributed by atoms with Crippen molar-refractivity contribution >= 4 is 11.9 Å². The molecule has 1 aromatic carbocycles. The summed E-state index contributed by atoms with van der Waals surface area (Å²) in [5.41, 5.74) is 0.874. The molecule has 0 saturated heterocycles. The van der Waals surface area contributed by atoms with Crippen molar-refractivity contribution in [1.82, 2.24) is 5.32 Å². The Bertz CT molecular complexity index is 483. The Hall–Kier alpha value is -2.04. The van der Waals surface area contributed by atoms with Gasteiger partial charge in [0.2, 0.25) is 5.91 Å². The first-order valence-corrected chi connectivity index (χ1v) is 6.86. The number of rotatable bonds is 4. The lowest BCUT2D eigenvalue weighted by atomic mass is 9.78. The van der Waals surface area contributed by atoms with E-state index in [9.17, 15) is 14.7 Å². The highest BCUT2D eigenvalue weighted by Crippen LogP contribution is 2.30. The molecule has 1 aliphatic rings. The highest BCUT2D eigenvalue weighted by atomic mass is 16.4. The maximum absolute atomic E-state index is 12.1. The Morgan fingerprint density at radius 3 is 2.30 bits per heavy atom. The number of benzene rings is 1. The molecule has 1 fully saturated rings. The molecule has 1 amide bonds. The fourth-order valence-corrected chi connectivity index (χ4v) is 2.67. The Morgan fingerprint density at radius 2 is 1.70 bits per heavy atom. The molecule has 1 saturated carbocycles. The van der Waals surface area contributed by atoms with Gasteiger partial charge in [-0.3, -0.25) is 9.59 Å². The molecule has 3 N–H and O–H groups in total. The van der Waals surface area contributed by atoms with Crippen LogP contribution >= 0.6 is 0 Å². The summed E-state index contributed by atoms with van der Waals surface area (Å²) in [4.78, 5) is 23.3. The van der Waals surface area contributed by atoms with Crippen LogP contribution in [0, 0.1) is 11.8 Å². The van der Waals surface area contributed by atoms with Gasteiger partial charge in [-0.2, -0.15) is 0 Å². The first kappa shape index (κ1) is 14.4. The molecular formula is C15H19NO4. The second-order valence-corrected chi connectivity index (χ2v) is 5.22. The second kappa shape index (κ2) is 6.41. The van der Waals surface area contributed by atoms with Crippen LogP contribution in [0.3, 0.4) is 0 Å². The zero-order chi connectivity index (χ0) is 14.5. The Balaban J connectivity index is 1.93. The van der Waals surface area contributed by atoms with Crippen molar-refractivity contribution in [3.8, 4) is 5.75 Å². The molecule has 0 aromatic heterocycles. The van der Waals surface area contributed by atoms with Crippen LogP contribution in [0.15, 0.2) is 24.3 Å². The van der Waals surface area contributed by atoms with Gasteiger partial charge in [0.1, 0.15) is 5.75 Å². The minimum absolute atomic E-state index is 0.179. The zero-order valence-electron chi connectivity index (χ0n) is 11.2. The van der Waals surface area contributed by atoms with E-state index < -0.39 is 17.8 Å². The summed E-state index contributed by atoms with van der Waals surface area (Å²) in [5, 5.41) is 21.1. The van der Waals surface area contributed by atoms with Crippen molar-refractivity contribution in [2.24, 2.45) is 11.8 Å². The number of carbonyl (C=O) groups is 2. The maximum Gasteiger partial charge on any atom is 0.307 e. The Kier molecular flexibility index (Phi) is 4.61. The molecule has 2 rings (SSSR count). The number of carboxylic acids is 1. The summed E-state index contributed by atoms with van der Waals surface area (Å²) < 4.78 is 0. The largest absolute Gasteiger partial charge is 0.508 e. The number of phenols is 1. The van der Waals surface area contributed by atoms with Crippen LogP contribution in [0.4, 0.5) is 0 Å². The van der Waals surface area contributed by atoms with Gasteiger partial charge in [0.25, 0.3) is 0 Å². The number of hydrogen-bond acceptors (Lipinski definition) is 3. The molecule has 5 heteroatoms. The quantitative estimate of drug-likeness (QED) is 0.784. The van der Waals surface area contributed by atoms with E-state index in [2.05, 4.69) is 5.32 Å². The molecule has 0 aliphatic heterocycles. The van der Waals surface area contributed by atoms with Gasteiger partial charge in [-0.1, -0.05) is 25.0 Å². The monoisotopic (exact) mass is 277 g/mol. The minimum atomic E-state index is -0.880. The average molecular weight is 277 g/mol. The first-order chi connectivity index (χ1) is 9.58. The third-order valence-corrected chi connectivity index (χ3v) is 3.82. The van der Waals surface area contributed by atoms with Crippen LogP contribution in [0.1, 0.15) is 31.2 Å². The Labute approximate surface area is 117 Å². The number of carbonyl (C=O) groups excluding carboxylic acids is 1. The van der Waals surface area contributed by atoms with Gasteiger partial charge in [-0.25, -0.2) is 0 Å². The predicted molar refractivity (Wildman–Crippen MR) is 73.0 cm³/mol. The van der Waals surface area contributed by atoms with Gasteiger partial charge in [-0.15, -0.1) is 0 Å². The molecule has 2 atom stereocenters. The van der Waals surface area contributed by atoms with Crippen molar-refractivity contribution in [2.75, 3.05) is 0 Å². The van der Waals surface area contributed by atoms with Crippen molar-refractivity contribution in [1.29, 1.82) is 0 Å². The highest BCUT2D eigenvalue weighted by Gasteiger charge is 2.35. The van der Waals surface area contributed by atoms with Crippen molar-refractivity contribution in [3.63, 3.8) is 0 Å². The smallest absolute Gasteiger partial charge is 0.307 e. The molecule has 1 aliphatic carbocycles. The SMILES string of the molecule is O=C(O)[C@H]1CCCC[C@H]1C(=O)NCc1ccc(O)cc1. The number of aromatic hydroxyl groups is 1. The molecule has 20 heavy (non-hydrogen) atoms. The van der Waals surface area contributed by atoms with Crippen molar-refractivity contribution in [2.45, 2.75) is 32.2 Å². The zero-order valence-corrected chi connectivity index (χ0v) is 11.2. The van der Waals surface area contributed by atoms with Gasteiger partial charge in [0.05, 0.1) is 11.8 Å². The molecule has 0 unspecified atom stereocenters. The summed E-state index contributed by atoms with van der Waals surface area (Å²) in [6.07, 6.45) is 2.99. The molecule has 0 bridgehead atoms. The molecule has 108 valence electrons. The molecule has 1 aromatic rings. The number of hydrogen-bond donors (Lipinski definition) is 3. The highest BCUT2D eigenvalue weighted by molar-refractivity contribution is 5.84. The van der Waals surface area contributed by atoms with Crippen LogP contribution in [0.25, 0.3) is 0 Å². The van der Waals surface area contributed by atoms with Crippen LogP contribution in [-0.2, 0) is 16.1 Å². The third-order valence-electron chi connectivity index (χ3n) is 3.82. The summed E-state index contributed by atoms with van der Waals surface area (Å²) >= 11 is 0. The van der Waals surface area contributed by atoms with E-state index >= 15 is 0 Å². The van der Waals surface area contributed by atoms with E-state index in [1.54, 1.807) is 24.3 Å². The molecule has 0 spiro atoms. The summed E-state index contributed by atoms with van der Waals surface area (Å²) in [5.74, 6) is -1.89. The number of carboxylic acid groups (broad SMARTS) is 1. The third kappa shape index (κ3) is 3.50. The predicted octanol–water partition coefficient (Wildman–Crippen LogP) is 1.90. The van der Waals surface area contributed by atoms with Gasteiger partial charge in [0.15, 0.2) is 0 Å². The number of aliphatic carboxylic acids is 1. The topological polar surface area (TPSA) is 86.6 Å². The van der Waals surface area contributed by atoms with E-state index in [0.29, 0.717) is 19.4 Å². The second-order valence-electron chi connectivity index (χ2n) is 5.22. The van der Waals surface area contributed by atoms with E-state index in [-0.39, 0.29) is 11.7 Å². The Morgan fingerprint density at radius 1 is 1.10 bits per heavy atom. The normalized spacial score (nSPS) is 22.2. The number of nitrogens with one attached hydrogen (secondary N) is 1. The first-order valence-electron chi connectivity index (χ1n) is 6.86. The maximum atomic E-state index is 12.1. The van der Waals surface area contributed by atoms with Crippen LogP contribution in [0.5, 0.6) is 5.75 Å². The number of amides is 1. The fraction of sp³-hybridized carbons (Fsp3) is 0.467. The molecule has 5 nitrogen and oxygen atoms in total. The lowest BCUT2D eigenvalue weighted by molar-refractivity contribution is -0.148. The van der Waals surface area contributed by atoms with E-state index in [0.717, 1.165) is 18.4 Å². The summed E-state index contributed by atoms with van der Waals surface area (Å²) in [6.45, 7) is 0.349. The van der Waals surface area contributed by atoms with Crippen molar-refractivity contribution < 1.29 is 19.8 Å². The fourth-order valence-electron chi connectivity index (χ4n) is 2.67. The van der Waals surface area contributed by atoms with E-state index in [1.807, 2.05) is 0 Å². The van der Waals surface area contributed by atoms with Crippen LogP contribution < -0.4 is 5.32 Å². The van der Waals surface area contributed by atoms with E-state index in [1.165, 1.54) is 0 Å². The van der Waals surface area contributed by atoms with Gasteiger partial charge < -0.3 is 15.5 Å². The van der Waals surface area contributed by atoms with Gasteiger partial charge in [0, 0.05) is 6.54 Å². The summed E-state index contributed by atoms with van der Waals surface area (Å²) in [6, 6.07) is 6.57. The van der Waals surface area contributed by atoms with Gasteiger partial charge >= 0.3 is 5.97 Å². The lowest BCUT2D eigenvalue weighted by Gasteiger charge is -2.27. The van der Waals surface area contributed by atoms with Crippen LogP contribution in [-0.4, -0.2) is 22.1 Å². The van der Waals surface area contributed by atoms with E-state index in [4.69, 9.17) is 5.11 Å².